The van der Waals surface area contributed by atoms with Crippen LogP contribution in [0.4, 0.5) is 0 Å². The number of sulfonamides is 1. The molecule has 0 amide bonds. The third-order valence-electron chi connectivity index (χ3n) is 2.15. The Balaban J connectivity index is 3.47. The Kier molecular flexibility index (Phi) is 4.21. The third-order valence-corrected chi connectivity index (χ3v) is 3.95. The van der Waals surface area contributed by atoms with Crippen LogP contribution in [0.5, 0.6) is 5.75 Å². The standard InChI is InChI=1S/C12H17NO5S/c1-12(2,3)13-19(16,17)9-7-5-6-8(18-4)10(9)11(14)15/h5-7,13H,1-4H3,(H,14,15). The van der Waals surface area contributed by atoms with Crippen molar-refractivity contribution in [1.82, 2.24) is 4.72 Å². The van der Waals surface area contributed by atoms with Gasteiger partial charge in [-0.15, -0.1) is 0 Å². The van der Waals surface area contributed by atoms with Crippen molar-refractivity contribution in [3.63, 3.8) is 0 Å². The number of carboxylic acid groups (broad SMARTS) is 1. The first-order valence-corrected chi connectivity index (χ1v) is 7.01. The summed E-state index contributed by atoms with van der Waals surface area (Å²) in [4.78, 5) is 10.9. The quantitative estimate of drug-likeness (QED) is 0.874. The fourth-order valence-corrected chi connectivity index (χ4v) is 3.20. The number of benzene rings is 1. The summed E-state index contributed by atoms with van der Waals surface area (Å²) >= 11 is 0. The van der Waals surface area contributed by atoms with Gasteiger partial charge in [0.25, 0.3) is 0 Å². The molecule has 0 bridgehead atoms. The minimum atomic E-state index is -3.94. The summed E-state index contributed by atoms with van der Waals surface area (Å²) in [5.41, 5.74) is -1.08. The van der Waals surface area contributed by atoms with E-state index in [1.165, 1.54) is 25.3 Å². The molecule has 6 nitrogen and oxygen atoms in total. The molecule has 0 unspecified atom stereocenters. The van der Waals surface area contributed by atoms with Gasteiger partial charge < -0.3 is 9.84 Å². The van der Waals surface area contributed by atoms with E-state index < -0.39 is 21.5 Å². The first-order chi connectivity index (χ1) is 8.58. The van der Waals surface area contributed by atoms with E-state index in [2.05, 4.69) is 4.72 Å². The van der Waals surface area contributed by atoms with Crippen molar-refractivity contribution >= 4 is 16.0 Å². The number of rotatable bonds is 4. The molecule has 0 atom stereocenters. The third kappa shape index (κ3) is 3.68. The molecule has 1 aromatic carbocycles. The second-order valence-corrected chi connectivity index (χ2v) is 6.64. The molecule has 2 N–H and O–H groups in total. The van der Waals surface area contributed by atoms with E-state index in [4.69, 9.17) is 9.84 Å². The van der Waals surface area contributed by atoms with Crippen molar-refractivity contribution in [3.05, 3.63) is 23.8 Å². The fraction of sp³-hybridized carbons (Fsp3) is 0.417. The number of carboxylic acids is 1. The van der Waals surface area contributed by atoms with Gasteiger partial charge in [-0.05, 0) is 32.9 Å². The Morgan fingerprint density at radius 3 is 2.32 bits per heavy atom. The van der Waals surface area contributed by atoms with Gasteiger partial charge in [0, 0.05) is 5.54 Å². The van der Waals surface area contributed by atoms with E-state index in [0.717, 1.165) is 0 Å². The molecule has 0 aliphatic heterocycles. The first kappa shape index (κ1) is 15.5. The molecule has 0 aliphatic rings. The molecule has 0 aliphatic carbocycles. The Morgan fingerprint density at radius 2 is 1.89 bits per heavy atom. The minimum Gasteiger partial charge on any atom is -0.496 e. The monoisotopic (exact) mass is 287 g/mol. The van der Waals surface area contributed by atoms with Gasteiger partial charge in [0.2, 0.25) is 10.0 Å². The zero-order valence-corrected chi connectivity index (χ0v) is 12.0. The topological polar surface area (TPSA) is 92.7 Å². The smallest absolute Gasteiger partial charge is 0.340 e. The number of hydrogen-bond donors (Lipinski definition) is 2. The van der Waals surface area contributed by atoms with Crippen LogP contribution in [-0.2, 0) is 10.0 Å². The van der Waals surface area contributed by atoms with Crippen molar-refractivity contribution < 1.29 is 23.1 Å². The molecule has 1 rings (SSSR count). The van der Waals surface area contributed by atoms with Crippen molar-refractivity contribution in [2.75, 3.05) is 7.11 Å². The van der Waals surface area contributed by atoms with Gasteiger partial charge in [0.1, 0.15) is 16.2 Å². The molecule has 0 saturated heterocycles. The Hall–Kier alpha value is -1.60. The highest BCUT2D eigenvalue weighted by Crippen LogP contribution is 2.26. The van der Waals surface area contributed by atoms with Crippen molar-refractivity contribution in [2.24, 2.45) is 0 Å². The van der Waals surface area contributed by atoms with Crippen molar-refractivity contribution in [3.8, 4) is 5.75 Å². The molecular formula is C12H17NO5S. The van der Waals surface area contributed by atoms with E-state index in [-0.39, 0.29) is 16.2 Å². The second kappa shape index (κ2) is 5.18. The molecule has 0 radical (unpaired) electrons. The number of ether oxygens (including phenoxy) is 1. The first-order valence-electron chi connectivity index (χ1n) is 5.53. The van der Waals surface area contributed by atoms with E-state index >= 15 is 0 Å². The SMILES string of the molecule is COc1cccc(S(=O)(=O)NC(C)(C)C)c1C(=O)O. The van der Waals surface area contributed by atoms with E-state index in [1.54, 1.807) is 20.8 Å². The summed E-state index contributed by atoms with van der Waals surface area (Å²) in [5, 5.41) is 9.17. The van der Waals surface area contributed by atoms with Crippen LogP contribution < -0.4 is 9.46 Å². The van der Waals surface area contributed by atoms with E-state index in [1.807, 2.05) is 0 Å². The molecule has 7 heteroatoms. The van der Waals surface area contributed by atoms with Crippen LogP contribution in [0.25, 0.3) is 0 Å². The number of hydrogen-bond acceptors (Lipinski definition) is 4. The Morgan fingerprint density at radius 1 is 1.32 bits per heavy atom. The van der Waals surface area contributed by atoms with Crippen LogP contribution in [0.2, 0.25) is 0 Å². The average molecular weight is 287 g/mol. The highest BCUT2D eigenvalue weighted by atomic mass is 32.2. The summed E-state index contributed by atoms with van der Waals surface area (Å²) < 4.78 is 31.7. The molecule has 0 fully saturated rings. The molecule has 0 aromatic heterocycles. The van der Waals surface area contributed by atoms with Crippen LogP contribution in [0.3, 0.4) is 0 Å². The molecule has 1 aromatic rings. The zero-order chi connectivity index (χ0) is 14.8. The van der Waals surface area contributed by atoms with Crippen LogP contribution in [-0.4, -0.2) is 32.1 Å². The lowest BCUT2D eigenvalue weighted by Crippen LogP contribution is -2.41. The normalized spacial score (nSPS) is 12.2. The number of nitrogens with one attached hydrogen (secondary N) is 1. The van der Waals surface area contributed by atoms with Gasteiger partial charge >= 0.3 is 5.97 Å². The Bertz CT molecular complexity index is 587. The molecule has 0 heterocycles. The summed E-state index contributed by atoms with van der Waals surface area (Å²) in [6.45, 7) is 5.02. The molecular weight excluding hydrogens is 270 g/mol. The van der Waals surface area contributed by atoms with Crippen LogP contribution >= 0.6 is 0 Å². The molecule has 0 saturated carbocycles. The number of methoxy groups -OCH3 is 1. The lowest BCUT2D eigenvalue weighted by atomic mass is 10.1. The van der Waals surface area contributed by atoms with Crippen LogP contribution in [0.1, 0.15) is 31.1 Å². The Labute approximate surface area is 112 Å². The summed E-state index contributed by atoms with van der Waals surface area (Å²) in [6.07, 6.45) is 0. The summed E-state index contributed by atoms with van der Waals surface area (Å²) in [5.74, 6) is -1.35. The minimum absolute atomic E-state index is 0.00397. The van der Waals surface area contributed by atoms with Gasteiger partial charge in [-0.25, -0.2) is 17.9 Å². The maximum Gasteiger partial charge on any atom is 0.340 e. The van der Waals surface area contributed by atoms with Crippen LogP contribution in [0, 0.1) is 0 Å². The van der Waals surface area contributed by atoms with E-state index in [9.17, 15) is 13.2 Å². The summed E-state index contributed by atoms with van der Waals surface area (Å²) in [7, 11) is -2.65. The predicted octanol–water partition coefficient (Wildman–Crippen LogP) is 1.47. The average Bonchev–Trinajstić information content (AvgIpc) is 2.24. The van der Waals surface area contributed by atoms with Crippen molar-refractivity contribution in [1.29, 1.82) is 0 Å². The molecule has 0 spiro atoms. The van der Waals surface area contributed by atoms with Gasteiger partial charge in [-0.1, -0.05) is 6.07 Å². The predicted molar refractivity (Wildman–Crippen MR) is 70.0 cm³/mol. The fourth-order valence-electron chi connectivity index (χ4n) is 1.57. The largest absolute Gasteiger partial charge is 0.496 e. The van der Waals surface area contributed by atoms with Gasteiger partial charge in [-0.2, -0.15) is 0 Å². The van der Waals surface area contributed by atoms with Gasteiger partial charge in [0.15, 0.2) is 0 Å². The number of aromatic carboxylic acids is 1. The second-order valence-electron chi connectivity index (χ2n) is 4.99. The maximum absolute atomic E-state index is 12.2. The maximum atomic E-state index is 12.2. The lowest BCUT2D eigenvalue weighted by Gasteiger charge is -2.21. The zero-order valence-electron chi connectivity index (χ0n) is 11.2. The highest BCUT2D eigenvalue weighted by Gasteiger charge is 2.28. The van der Waals surface area contributed by atoms with Crippen molar-refractivity contribution in [2.45, 2.75) is 31.2 Å². The molecule has 106 valence electrons. The summed E-state index contributed by atoms with van der Waals surface area (Å²) in [6, 6.07) is 4.07. The lowest BCUT2D eigenvalue weighted by molar-refractivity contribution is 0.0688. The number of carbonyl (C=O) groups is 1. The van der Waals surface area contributed by atoms with Crippen LogP contribution in [0.15, 0.2) is 23.1 Å². The van der Waals surface area contributed by atoms with E-state index in [0.29, 0.717) is 0 Å². The van der Waals surface area contributed by atoms with Gasteiger partial charge in [-0.3, -0.25) is 0 Å². The highest BCUT2D eigenvalue weighted by molar-refractivity contribution is 7.89. The van der Waals surface area contributed by atoms with Gasteiger partial charge in [0.05, 0.1) is 7.11 Å². The molecule has 19 heavy (non-hydrogen) atoms.